The normalized spacial score (nSPS) is 10.4. The van der Waals surface area contributed by atoms with Gasteiger partial charge in [-0.25, -0.2) is 9.97 Å². The van der Waals surface area contributed by atoms with E-state index in [9.17, 15) is 4.79 Å². The Labute approximate surface area is 175 Å². The second-order valence-electron chi connectivity index (χ2n) is 7.04. The highest BCUT2D eigenvalue weighted by atomic mass is 16.1. The van der Waals surface area contributed by atoms with Crippen LogP contribution in [-0.4, -0.2) is 15.9 Å². The van der Waals surface area contributed by atoms with Crippen LogP contribution < -0.4 is 10.6 Å². The van der Waals surface area contributed by atoms with Gasteiger partial charge in [0.25, 0.3) is 5.91 Å². The number of anilines is 2. The monoisotopic (exact) mass is 394 g/mol. The van der Waals surface area contributed by atoms with Crippen LogP contribution in [0, 0.1) is 6.92 Å². The molecule has 0 aliphatic carbocycles. The first-order valence-corrected chi connectivity index (χ1v) is 9.76. The third-order valence-electron chi connectivity index (χ3n) is 4.68. The Bertz CT molecular complexity index is 1140. The SMILES string of the molecule is Cc1cccc(-c2cnc(Nc3cccc(C(=O)NCc4ccccc4)c3)nc2)c1. The number of hydrogen-bond acceptors (Lipinski definition) is 4. The first-order valence-electron chi connectivity index (χ1n) is 9.76. The Balaban J connectivity index is 1.42. The highest BCUT2D eigenvalue weighted by molar-refractivity contribution is 5.95. The number of nitrogens with one attached hydrogen (secondary N) is 2. The fraction of sp³-hybridized carbons (Fsp3) is 0.0800. The van der Waals surface area contributed by atoms with Gasteiger partial charge in [-0.1, -0.05) is 66.2 Å². The molecule has 1 amide bonds. The van der Waals surface area contributed by atoms with Gasteiger partial charge in [0.05, 0.1) is 0 Å². The summed E-state index contributed by atoms with van der Waals surface area (Å²) in [5, 5.41) is 6.10. The average molecular weight is 394 g/mol. The van der Waals surface area contributed by atoms with Crippen molar-refractivity contribution >= 4 is 17.5 Å². The zero-order valence-corrected chi connectivity index (χ0v) is 16.7. The smallest absolute Gasteiger partial charge is 0.251 e. The Morgan fingerprint density at radius 1 is 0.833 bits per heavy atom. The number of amides is 1. The van der Waals surface area contributed by atoms with E-state index in [4.69, 9.17) is 0 Å². The lowest BCUT2D eigenvalue weighted by Gasteiger charge is -2.09. The topological polar surface area (TPSA) is 66.9 Å². The molecular weight excluding hydrogens is 372 g/mol. The summed E-state index contributed by atoms with van der Waals surface area (Å²) in [6.45, 7) is 2.55. The van der Waals surface area contributed by atoms with E-state index in [-0.39, 0.29) is 5.91 Å². The number of benzene rings is 3. The molecule has 0 bridgehead atoms. The first-order chi connectivity index (χ1) is 14.7. The molecule has 2 N–H and O–H groups in total. The minimum Gasteiger partial charge on any atom is -0.348 e. The lowest BCUT2D eigenvalue weighted by Crippen LogP contribution is -2.22. The number of aryl methyl sites for hydroxylation is 1. The maximum Gasteiger partial charge on any atom is 0.251 e. The van der Waals surface area contributed by atoms with E-state index in [0.717, 1.165) is 22.4 Å². The van der Waals surface area contributed by atoms with Crippen molar-refractivity contribution in [2.75, 3.05) is 5.32 Å². The summed E-state index contributed by atoms with van der Waals surface area (Å²) in [5.74, 6) is 0.353. The van der Waals surface area contributed by atoms with Crippen LogP contribution in [0.3, 0.4) is 0 Å². The van der Waals surface area contributed by atoms with Crippen molar-refractivity contribution < 1.29 is 4.79 Å². The second kappa shape index (κ2) is 9.01. The van der Waals surface area contributed by atoms with Crippen molar-refractivity contribution in [1.29, 1.82) is 0 Å². The molecule has 5 nitrogen and oxygen atoms in total. The molecule has 4 rings (SSSR count). The van der Waals surface area contributed by atoms with Crippen molar-refractivity contribution in [3.8, 4) is 11.1 Å². The van der Waals surface area contributed by atoms with Gasteiger partial charge >= 0.3 is 0 Å². The fourth-order valence-electron chi connectivity index (χ4n) is 3.11. The van der Waals surface area contributed by atoms with Gasteiger partial charge in [0.1, 0.15) is 0 Å². The number of rotatable bonds is 6. The van der Waals surface area contributed by atoms with E-state index in [2.05, 4.69) is 39.7 Å². The molecule has 0 fully saturated rings. The molecule has 0 radical (unpaired) electrons. The highest BCUT2D eigenvalue weighted by Gasteiger charge is 2.07. The maximum atomic E-state index is 12.5. The van der Waals surface area contributed by atoms with Crippen LogP contribution in [0.5, 0.6) is 0 Å². The molecule has 0 saturated carbocycles. The molecular formula is C25H22N4O. The molecule has 1 aromatic heterocycles. The van der Waals surface area contributed by atoms with Crippen molar-refractivity contribution in [2.45, 2.75) is 13.5 Å². The number of aromatic nitrogens is 2. The summed E-state index contributed by atoms with van der Waals surface area (Å²) in [4.78, 5) is 21.3. The summed E-state index contributed by atoms with van der Waals surface area (Å²) in [5.41, 5.74) is 5.62. The fourth-order valence-corrected chi connectivity index (χ4v) is 3.11. The number of carbonyl (C=O) groups excluding carboxylic acids is 1. The van der Waals surface area contributed by atoms with Crippen LogP contribution in [0.2, 0.25) is 0 Å². The van der Waals surface area contributed by atoms with Gasteiger partial charge in [-0.15, -0.1) is 0 Å². The minimum atomic E-state index is -0.127. The van der Waals surface area contributed by atoms with Crippen molar-refractivity contribution in [3.63, 3.8) is 0 Å². The van der Waals surface area contributed by atoms with Gasteiger partial charge in [-0.2, -0.15) is 0 Å². The van der Waals surface area contributed by atoms with E-state index >= 15 is 0 Å². The molecule has 0 saturated heterocycles. The highest BCUT2D eigenvalue weighted by Crippen LogP contribution is 2.20. The summed E-state index contributed by atoms with van der Waals surface area (Å²) in [7, 11) is 0. The quantitative estimate of drug-likeness (QED) is 0.476. The maximum absolute atomic E-state index is 12.5. The Hall–Kier alpha value is -3.99. The van der Waals surface area contributed by atoms with Gasteiger partial charge < -0.3 is 10.6 Å². The summed E-state index contributed by atoms with van der Waals surface area (Å²) in [6, 6.07) is 25.3. The van der Waals surface area contributed by atoms with Gasteiger partial charge in [0.15, 0.2) is 0 Å². The molecule has 0 aliphatic rings. The molecule has 0 unspecified atom stereocenters. The molecule has 0 atom stereocenters. The van der Waals surface area contributed by atoms with Crippen molar-refractivity contribution in [2.24, 2.45) is 0 Å². The molecule has 30 heavy (non-hydrogen) atoms. The third-order valence-corrected chi connectivity index (χ3v) is 4.68. The van der Waals surface area contributed by atoms with E-state index in [1.165, 1.54) is 5.56 Å². The summed E-state index contributed by atoms with van der Waals surface area (Å²) in [6.07, 6.45) is 3.58. The standard InChI is InChI=1S/C25H22N4O/c1-18-7-5-10-20(13-18)22-16-27-25(28-17-22)29-23-12-6-11-21(14-23)24(30)26-15-19-8-3-2-4-9-19/h2-14,16-17H,15H2,1H3,(H,26,30)(H,27,28,29). The zero-order valence-electron chi connectivity index (χ0n) is 16.7. The van der Waals surface area contributed by atoms with Crippen LogP contribution in [0.1, 0.15) is 21.5 Å². The number of carbonyl (C=O) groups is 1. The lowest BCUT2D eigenvalue weighted by atomic mass is 10.1. The van der Waals surface area contributed by atoms with E-state index < -0.39 is 0 Å². The zero-order chi connectivity index (χ0) is 20.8. The molecule has 0 aliphatic heterocycles. The van der Waals surface area contributed by atoms with Crippen LogP contribution >= 0.6 is 0 Å². The van der Waals surface area contributed by atoms with Crippen molar-refractivity contribution in [1.82, 2.24) is 15.3 Å². The minimum absolute atomic E-state index is 0.127. The Kier molecular flexibility index (Phi) is 5.80. The van der Waals surface area contributed by atoms with Gasteiger partial charge in [-0.3, -0.25) is 4.79 Å². The van der Waals surface area contributed by atoms with E-state index in [1.54, 1.807) is 24.5 Å². The molecule has 1 heterocycles. The van der Waals surface area contributed by atoms with E-state index in [1.807, 2.05) is 54.6 Å². The molecule has 4 aromatic rings. The van der Waals surface area contributed by atoms with Crippen molar-refractivity contribution in [3.05, 3.63) is 108 Å². The van der Waals surface area contributed by atoms with Crippen LogP contribution in [0.25, 0.3) is 11.1 Å². The molecule has 148 valence electrons. The third kappa shape index (κ3) is 4.89. The van der Waals surface area contributed by atoms with Gasteiger partial charge in [0.2, 0.25) is 5.95 Å². The van der Waals surface area contributed by atoms with Crippen LogP contribution in [0.15, 0.2) is 91.3 Å². The number of hydrogen-bond donors (Lipinski definition) is 2. The molecule has 3 aromatic carbocycles. The van der Waals surface area contributed by atoms with Gasteiger partial charge in [-0.05, 0) is 36.2 Å². The molecule has 0 spiro atoms. The van der Waals surface area contributed by atoms with Crippen LogP contribution in [0.4, 0.5) is 11.6 Å². The van der Waals surface area contributed by atoms with E-state index in [0.29, 0.717) is 18.1 Å². The predicted molar refractivity (Wildman–Crippen MR) is 120 cm³/mol. The van der Waals surface area contributed by atoms with Crippen LogP contribution in [-0.2, 0) is 6.54 Å². The Morgan fingerprint density at radius 3 is 2.37 bits per heavy atom. The van der Waals surface area contributed by atoms with Gasteiger partial charge in [0, 0.05) is 35.8 Å². The summed E-state index contributed by atoms with van der Waals surface area (Å²) < 4.78 is 0. The Morgan fingerprint density at radius 2 is 1.60 bits per heavy atom. The first kappa shape index (κ1) is 19.3. The summed E-state index contributed by atoms with van der Waals surface area (Å²) >= 11 is 0. The lowest BCUT2D eigenvalue weighted by molar-refractivity contribution is 0.0951. The molecule has 5 heteroatoms. The second-order valence-corrected chi connectivity index (χ2v) is 7.04. The average Bonchev–Trinajstić information content (AvgIpc) is 2.79. The number of nitrogens with zero attached hydrogens (tertiary/aromatic N) is 2. The largest absolute Gasteiger partial charge is 0.348 e. The predicted octanol–water partition coefficient (Wildman–Crippen LogP) is 5.13.